The molecule has 7 heteroatoms. The van der Waals surface area contributed by atoms with Gasteiger partial charge in [0.1, 0.15) is 17.5 Å². The van der Waals surface area contributed by atoms with Crippen LogP contribution in [0.5, 0.6) is 0 Å². The number of pyridine rings is 2. The zero-order valence-corrected chi connectivity index (χ0v) is 16.1. The molecule has 1 N–H and O–H groups in total. The lowest BCUT2D eigenvalue weighted by molar-refractivity contribution is 0.585. The topological polar surface area (TPSA) is 63.6 Å². The van der Waals surface area contributed by atoms with Crippen LogP contribution in [-0.4, -0.2) is 19.9 Å². The number of nitrogens with zero attached hydrogens (tertiary/aromatic N) is 4. The van der Waals surface area contributed by atoms with Crippen LogP contribution in [0.4, 0.5) is 20.4 Å². The molecule has 0 aliphatic rings. The highest BCUT2D eigenvalue weighted by molar-refractivity contribution is 5.95. The molecule has 0 amide bonds. The minimum absolute atomic E-state index is 0.298. The van der Waals surface area contributed by atoms with Crippen LogP contribution in [0.15, 0.2) is 85.2 Å². The Bertz CT molecular complexity index is 1370. The Balaban J connectivity index is 1.68. The third-order valence-electron chi connectivity index (χ3n) is 4.75. The Morgan fingerprint density at radius 3 is 2.32 bits per heavy atom. The molecule has 0 spiro atoms. The third kappa shape index (κ3) is 3.93. The van der Waals surface area contributed by atoms with Crippen molar-refractivity contribution in [1.82, 2.24) is 19.9 Å². The maximum atomic E-state index is 13.6. The van der Waals surface area contributed by atoms with E-state index in [1.165, 1.54) is 18.2 Å². The molecule has 0 saturated heterocycles. The summed E-state index contributed by atoms with van der Waals surface area (Å²) in [5, 5.41) is 3.83. The predicted molar refractivity (Wildman–Crippen MR) is 116 cm³/mol. The largest absolute Gasteiger partial charge is 0.324 e. The van der Waals surface area contributed by atoms with Crippen molar-refractivity contribution >= 4 is 22.5 Å². The van der Waals surface area contributed by atoms with Gasteiger partial charge in [0, 0.05) is 23.3 Å². The number of benzene rings is 2. The molecule has 0 unspecified atom stereocenters. The molecule has 0 bridgehead atoms. The van der Waals surface area contributed by atoms with E-state index in [0.717, 1.165) is 22.1 Å². The number of hydrogen-bond acceptors (Lipinski definition) is 5. The van der Waals surface area contributed by atoms with E-state index in [4.69, 9.17) is 0 Å². The first-order valence-corrected chi connectivity index (χ1v) is 9.53. The van der Waals surface area contributed by atoms with Crippen LogP contribution in [0.3, 0.4) is 0 Å². The number of anilines is 2. The molecule has 0 atom stereocenters. The molecule has 0 radical (unpaired) electrons. The maximum absolute atomic E-state index is 13.6. The van der Waals surface area contributed by atoms with E-state index in [2.05, 4.69) is 25.3 Å². The first-order chi connectivity index (χ1) is 15.2. The van der Waals surface area contributed by atoms with Crippen molar-refractivity contribution in [3.05, 3.63) is 97.0 Å². The van der Waals surface area contributed by atoms with Crippen LogP contribution in [0.25, 0.3) is 33.4 Å². The second kappa shape index (κ2) is 7.87. The summed E-state index contributed by atoms with van der Waals surface area (Å²) in [6.45, 7) is 0. The Hall–Kier alpha value is -4.26. The molecule has 0 aliphatic heterocycles. The van der Waals surface area contributed by atoms with E-state index in [9.17, 15) is 8.78 Å². The van der Waals surface area contributed by atoms with Crippen LogP contribution in [0.2, 0.25) is 0 Å². The fourth-order valence-electron chi connectivity index (χ4n) is 3.27. The molecule has 5 nitrogen and oxygen atoms in total. The first kappa shape index (κ1) is 18.7. The molecule has 0 fully saturated rings. The zero-order chi connectivity index (χ0) is 21.2. The maximum Gasteiger partial charge on any atom is 0.214 e. The van der Waals surface area contributed by atoms with Crippen molar-refractivity contribution in [2.45, 2.75) is 0 Å². The van der Waals surface area contributed by atoms with Gasteiger partial charge in [0.15, 0.2) is 5.82 Å². The number of fused-ring (bicyclic) bond motifs is 1. The Labute approximate surface area is 176 Å². The predicted octanol–water partition coefficient (Wildman–Crippen LogP) is 5.78. The molecular formula is C24H15F2N5. The summed E-state index contributed by atoms with van der Waals surface area (Å²) in [6, 6.07) is 20.1. The van der Waals surface area contributed by atoms with Crippen molar-refractivity contribution in [2.24, 2.45) is 0 Å². The smallest absolute Gasteiger partial charge is 0.214 e. The van der Waals surface area contributed by atoms with E-state index in [-0.39, 0.29) is 5.82 Å². The number of nitrogens with one attached hydrogen (secondary N) is 1. The van der Waals surface area contributed by atoms with Crippen molar-refractivity contribution < 1.29 is 8.78 Å². The second-order valence-electron chi connectivity index (χ2n) is 6.85. The van der Waals surface area contributed by atoms with Crippen LogP contribution in [0.1, 0.15) is 0 Å². The zero-order valence-electron chi connectivity index (χ0n) is 16.1. The summed E-state index contributed by atoms with van der Waals surface area (Å²) >= 11 is 0. The lowest BCUT2D eigenvalue weighted by Crippen LogP contribution is -2.01. The summed E-state index contributed by atoms with van der Waals surface area (Å²) in [5.41, 5.74) is 3.18. The van der Waals surface area contributed by atoms with E-state index in [1.807, 2.05) is 30.3 Å². The van der Waals surface area contributed by atoms with Gasteiger partial charge >= 0.3 is 0 Å². The van der Waals surface area contributed by atoms with Crippen molar-refractivity contribution in [3.8, 4) is 22.5 Å². The average Bonchev–Trinajstić information content (AvgIpc) is 2.80. The van der Waals surface area contributed by atoms with Gasteiger partial charge in [0.05, 0.1) is 5.52 Å². The van der Waals surface area contributed by atoms with Gasteiger partial charge in [-0.15, -0.1) is 0 Å². The monoisotopic (exact) mass is 411 g/mol. The van der Waals surface area contributed by atoms with Crippen LogP contribution >= 0.6 is 0 Å². The van der Waals surface area contributed by atoms with Gasteiger partial charge in [0.25, 0.3) is 0 Å². The molecular weight excluding hydrogens is 396 g/mol. The van der Waals surface area contributed by atoms with Gasteiger partial charge in [-0.2, -0.15) is 4.39 Å². The summed E-state index contributed by atoms with van der Waals surface area (Å²) in [6.07, 6.45) is 3.35. The average molecular weight is 411 g/mol. The first-order valence-electron chi connectivity index (χ1n) is 9.53. The van der Waals surface area contributed by atoms with Gasteiger partial charge in [-0.1, -0.05) is 24.3 Å². The van der Waals surface area contributed by atoms with Crippen LogP contribution in [-0.2, 0) is 0 Å². The second-order valence-corrected chi connectivity index (χ2v) is 6.85. The Morgan fingerprint density at radius 1 is 0.710 bits per heavy atom. The highest BCUT2D eigenvalue weighted by Gasteiger charge is 2.12. The molecule has 150 valence electrons. The molecule has 0 saturated carbocycles. The van der Waals surface area contributed by atoms with Gasteiger partial charge < -0.3 is 5.32 Å². The molecule has 2 aromatic carbocycles. The Morgan fingerprint density at radius 2 is 1.55 bits per heavy atom. The number of hydrogen-bond donors (Lipinski definition) is 1. The van der Waals surface area contributed by atoms with Crippen molar-refractivity contribution in [1.29, 1.82) is 0 Å². The van der Waals surface area contributed by atoms with Crippen LogP contribution < -0.4 is 5.32 Å². The summed E-state index contributed by atoms with van der Waals surface area (Å²) in [4.78, 5) is 17.3. The van der Waals surface area contributed by atoms with Gasteiger partial charge in [0.2, 0.25) is 5.95 Å². The molecule has 31 heavy (non-hydrogen) atoms. The Kier molecular flexibility index (Phi) is 4.76. The van der Waals surface area contributed by atoms with Crippen molar-refractivity contribution in [2.75, 3.05) is 5.32 Å². The summed E-state index contributed by atoms with van der Waals surface area (Å²) in [5.74, 6) is 0.389. The lowest BCUT2D eigenvalue weighted by atomic mass is 10.0. The van der Waals surface area contributed by atoms with Crippen molar-refractivity contribution in [3.63, 3.8) is 0 Å². The minimum atomic E-state index is -0.595. The highest BCUT2D eigenvalue weighted by atomic mass is 19.1. The van der Waals surface area contributed by atoms with Gasteiger partial charge in [-0.05, 0) is 59.7 Å². The number of halogens is 2. The molecule has 5 aromatic rings. The van der Waals surface area contributed by atoms with Crippen LogP contribution in [0, 0.1) is 11.8 Å². The number of rotatable bonds is 4. The number of aromatic nitrogens is 4. The standard InChI is InChI=1S/C24H15F2N5/c25-18-9-6-15(7-10-18)16-8-11-20-19(13-16)24(30-22-5-1-4-21(26)29-22)31-23(28-20)17-3-2-12-27-14-17/h1-14H,(H,28,29,30,31). The summed E-state index contributed by atoms with van der Waals surface area (Å²) < 4.78 is 27.0. The van der Waals surface area contributed by atoms with Gasteiger partial charge in [-0.25, -0.2) is 19.3 Å². The highest BCUT2D eigenvalue weighted by Crippen LogP contribution is 2.31. The normalized spacial score (nSPS) is 10.9. The molecule has 3 aromatic heterocycles. The lowest BCUT2D eigenvalue weighted by Gasteiger charge is -2.12. The van der Waals surface area contributed by atoms with Gasteiger partial charge in [-0.3, -0.25) is 4.98 Å². The molecule has 0 aliphatic carbocycles. The quantitative estimate of drug-likeness (QED) is 0.380. The third-order valence-corrected chi connectivity index (χ3v) is 4.75. The van der Waals surface area contributed by atoms with E-state index in [0.29, 0.717) is 23.0 Å². The minimum Gasteiger partial charge on any atom is -0.324 e. The van der Waals surface area contributed by atoms with E-state index in [1.54, 1.807) is 36.7 Å². The van der Waals surface area contributed by atoms with E-state index >= 15 is 0 Å². The summed E-state index contributed by atoms with van der Waals surface area (Å²) in [7, 11) is 0. The SMILES string of the molecule is Fc1ccc(-c2ccc3nc(-c4cccnc4)nc(Nc4cccc(F)n4)c3c2)cc1. The molecule has 5 rings (SSSR count). The molecule has 3 heterocycles. The fourth-order valence-corrected chi connectivity index (χ4v) is 3.27. The van der Waals surface area contributed by atoms with E-state index < -0.39 is 5.95 Å². The fraction of sp³-hybridized carbons (Fsp3) is 0.